The molecule has 10 heteroatoms. The summed E-state index contributed by atoms with van der Waals surface area (Å²) >= 11 is 6.01. The third-order valence-corrected chi connectivity index (χ3v) is 9.54. The maximum absolute atomic E-state index is 13.7. The molecule has 226 valence electrons. The Balaban J connectivity index is 1.50. The second-order valence-corrected chi connectivity index (χ2v) is 12.8. The van der Waals surface area contributed by atoms with Crippen LogP contribution in [0.5, 0.6) is 0 Å². The number of ketones is 1. The molecule has 0 bridgehead atoms. The number of carbonyl (C=O) groups is 2. The molecule has 8 nitrogen and oxygen atoms in total. The summed E-state index contributed by atoms with van der Waals surface area (Å²) in [6.45, 7) is 5.69. The van der Waals surface area contributed by atoms with E-state index in [1.807, 2.05) is 62.4 Å². The van der Waals surface area contributed by atoms with E-state index in [9.17, 15) is 18.0 Å². The Bertz CT molecular complexity index is 1890. The van der Waals surface area contributed by atoms with Crippen LogP contribution in [0.3, 0.4) is 0 Å². The summed E-state index contributed by atoms with van der Waals surface area (Å²) in [4.78, 5) is 27.9. The molecule has 0 N–H and O–H groups in total. The molecule has 0 aliphatic carbocycles. The monoisotopic (exact) mass is 630 g/mol. The molecular weight excluding hydrogens is 600 g/mol. The first-order valence-electron chi connectivity index (χ1n) is 13.8. The number of Topliss-reactive ketones (excluding diaryl/α,β-unsaturated/α-hetero) is 1. The Hall–Kier alpha value is -4.44. The highest BCUT2D eigenvalue weighted by molar-refractivity contribution is 7.89. The Morgan fingerprint density at radius 2 is 1.64 bits per heavy atom. The van der Waals surface area contributed by atoms with E-state index in [2.05, 4.69) is 0 Å². The van der Waals surface area contributed by atoms with Crippen molar-refractivity contribution >= 4 is 45.1 Å². The summed E-state index contributed by atoms with van der Waals surface area (Å²) in [5, 5.41) is 0.429. The van der Waals surface area contributed by atoms with Crippen molar-refractivity contribution in [3.8, 4) is 0 Å². The smallest absolute Gasteiger partial charge is 0.343 e. The van der Waals surface area contributed by atoms with Crippen LogP contribution in [-0.2, 0) is 37.4 Å². The number of sulfonamides is 1. The molecule has 1 aromatic heterocycles. The molecule has 3 aromatic carbocycles. The van der Waals surface area contributed by atoms with Gasteiger partial charge < -0.3 is 14.1 Å². The highest BCUT2D eigenvalue weighted by atomic mass is 35.5. The third kappa shape index (κ3) is 6.26. The number of rotatable bonds is 9. The fourth-order valence-electron chi connectivity index (χ4n) is 4.99. The van der Waals surface area contributed by atoms with Crippen molar-refractivity contribution in [2.75, 3.05) is 12.0 Å². The van der Waals surface area contributed by atoms with E-state index >= 15 is 0 Å². The molecule has 5 rings (SSSR count). The Morgan fingerprint density at radius 3 is 2.30 bits per heavy atom. The van der Waals surface area contributed by atoms with Gasteiger partial charge in [-0.15, -0.1) is 0 Å². The average Bonchev–Trinajstić information content (AvgIpc) is 3.55. The van der Waals surface area contributed by atoms with Crippen LogP contribution in [0.2, 0.25) is 5.02 Å². The molecule has 0 spiro atoms. The number of anilines is 1. The van der Waals surface area contributed by atoms with Gasteiger partial charge in [0.25, 0.3) is 0 Å². The van der Waals surface area contributed by atoms with Crippen molar-refractivity contribution in [3.05, 3.63) is 135 Å². The van der Waals surface area contributed by atoms with E-state index in [0.29, 0.717) is 27.9 Å². The maximum atomic E-state index is 13.7. The molecule has 0 unspecified atom stereocenters. The number of hydrogen-bond donors (Lipinski definition) is 0. The van der Waals surface area contributed by atoms with Gasteiger partial charge in [0, 0.05) is 29.0 Å². The standard InChI is InChI=1S/C34H31ClN2O6S/c1-22-10-13-27(18-23(22)2)37-24(3)32(34(39)42-4)33(38)31(37)19-28-14-15-29(43-28)21-36(20-25-8-6-5-7-9-25)44(40,41)30-16-11-26(35)12-17-30/h5-19H,20-21H2,1-4H3/b31-19+. The minimum absolute atomic E-state index is 0.0631. The van der Waals surface area contributed by atoms with E-state index < -0.39 is 21.8 Å². The lowest BCUT2D eigenvalue weighted by Gasteiger charge is -2.22. The van der Waals surface area contributed by atoms with Crippen LogP contribution >= 0.6 is 11.6 Å². The summed E-state index contributed by atoms with van der Waals surface area (Å²) in [5.74, 6) is -0.540. The summed E-state index contributed by atoms with van der Waals surface area (Å²) in [6, 6.07) is 24.4. The van der Waals surface area contributed by atoms with Gasteiger partial charge in [0.1, 0.15) is 17.1 Å². The third-order valence-electron chi connectivity index (χ3n) is 7.48. The van der Waals surface area contributed by atoms with Crippen molar-refractivity contribution in [1.29, 1.82) is 0 Å². The Labute approximate surface area is 261 Å². The zero-order valence-electron chi connectivity index (χ0n) is 24.7. The highest BCUT2D eigenvalue weighted by Crippen LogP contribution is 2.36. The number of aryl methyl sites for hydroxylation is 2. The number of esters is 1. The van der Waals surface area contributed by atoms with Gasteiger partial charge in [-0.05, 0) is 86.0 Å². The fourth-order valence-corrected chi connectivity index (χ4v) is 6.51. The second kappa shape index (κ2) is 12.7. The predicted molar refractivity (Wildman–Crippen MR) is 169 cm³/mol. The van der Waals surface area contributed by atoms with Gasteiger partial charge in [-0.25, -0.2) is 13.2 Å². The first-order chi connectivity index (χ1) is 21.0. The molecule has 0 radical (unpaired) electrons. The lowest BCUT2D eigenvalue weighted by molar-refractivity contribution is -0.137. The van der Waals surface area contributed by atoms with Gasteiger partial charge in [0.15, 0.2) is 0 Å². The molecule has 0 fully saturated rings. The summed E-state index contributed by atoms with van der Waals surface area (Å²) < 4.78 is 39.8. The van der Waals surface area contributed by atoms with Crippen LogP contribution in [0.4, 0.5) is 5.69 Å². The topological polar surface area (TPSA) is 97.1 Å². The minimum atomic E-state index is -3.94. The SMILES string of the molecule is COC(=O)C1=C(C)N(c2ccc(C)c(C)c2)/C(=C/c2ccc(CN(Cc3ccccc3)S(=O)(=O)c3ccc(Cl)cc3)o2)C1=O. The molecule has 1 aliphatic heterocycles. The summed E-state index contributed by atoms with van der Waals surface area (Å²) in [5.41, 5.74) is 4.20. The van der Waals surface area contributed by atoms with Crippen molar-refractivity contribution in [2.24, 2.45) is 0 Å². The van der Waals surface area contributed by atoms with Crippen molar-refractivity contribution in [1.82, 2.24) is 4.31 Å². The van der Waals surface area contributed by atoms with E-state index in [1.165, 1.54) is 35.7 Å². The lowest BCUT2D eigenvalue weighted by atomic mass is 10.1. The number of methoxy groups -OCH3 is 1. The van der Waals surface area contributed by atoms with Crippen molar-refractivity contribution in [3.63, 3.8) is 0 Å². The number of carbonyl (C=O) groups excluding carboxylic acids is 2. The normalized spacial score (nSPS) is 14.6. The van der Waals surface area contributed by atoms with Gasteiger partial charge in [0.05, 0.1) is 24.2 Å². The Morgan fingerprint density at radius 1 is 0.932 bits per heavy atom. The number of nitrogens with zero attached hydrogens (tertiary/aromatic N) is 2. The minimum Gasteiger partial charge on any atom is -0.465 e. The molecule has 0 saturated heterocycles. The fraction of sp³-hybridized carbons (Fsp3) is 0.176. The van der Waals surface area contributed by atoms with Gasteiger partial charge >= 0.3 is 5.97 Å². The zero-order valence-corrected chi connectivity index (χ0v) is 26.3. The first kappa shape index (κ1) is 31.0. The van der Waals surface area contributed by atoms with Crippen LogP contribution in [0.15, 0.2) is 111 Å². The largest absolute Gasteiger partial charge is 0.465 e. The number of furan rings is 1. The van der Waals surface area contributed by atoms with E-state index in [1.54, 1.807) is 30.0 Å². The molecular formula is C34H31ClN2O6S. The molecule has 44 heavy (non-hydrogen) atoms. The molecule has 1 aliphatic rings. The Kier molecular flexibility index (Phi) is 8.92. The number of hydrogen-bond acceptors (Lipinski definition) is 7. The van der Waals surface area contributed by atoms with E-state index in [0.717, 1.165) is 16.7 Å². The van der Waals surface area contributed by atoms with Crippen molar-refractivity contribution < 1.29 is 27.2 Å². The molecule has 0 amide bonds. The van der Waals surface area contributed by atoms with Crippen LogP contribution < -0.4 is 4.90 Å². The number of benzene rings is 3. The van der Waals surface area contributed by atoms with E-state index in [-0.39, 0.29) is 29.3 Å². The van der Waals surface area contributed by atoms with E-state index in [4.69, 9.17) is 20.8 Å². The zero-order chi connectivity index (χ0) is 31.6. The van der Waals surface area contributed by atoms with Gasteiger partial charge in [-0.2, -0.15) is 4.31 Å². The molecule has 4 aromatic rings. The average molecular weight is 631 g/mol. The maximum Gasteiger partial charge on any atom is 0.343 e. The number of ether oxygens (including phenoxy) is 1. The number of halogens is 1. The van der Waals surface area contributed by atoms with Crippen LogP contribution in [-0.4, -0.2) is 31.6 Å². The predicted octanol–water partition coefficient (Wildman–Crippen LogP) is 6.82. The summed E-state index contributed by atoms with van der Waals surface area (Å²) in [7, 11) is -2.70. The quantitative estimate of drug-likeness (QED) is 0.114. The van der Waals surface area contributed by atoms with Crippen LogP contribution in [0.25, 0.3) is 6.08 Å². The lowest BCUT2D eigenvalue weighted by Crippen LogP contribution is -2.30. The van der Waals surface area contributed by atoms with Crippen molar-refractivity contribution in [2.45, 2.75) is 38.8 Å². The molecule has 2 heterocycles. The van der Waals surface area contributed by atoms with Crippen LogP contribution in [0, 0.1) is 13.8 Å². The molecule has 0 atom stereocenters. The van der Waals surface area contributed by atoms with Gasteiger partial charge in [-0.3, -0.25) is 4.79 Å². The summed E-state index contributed by atoms with van der Waals surface area (Å²) in [6.07, 6.45) is 1.55. The van der Waals surface area contributed by atoms with Crippen LogP contribution in [0.1, 0.15) is 35.1 Å². The van der Waals surface area contributed by atoms with Gasteiger partial charge in [-0.1, -0.05) is 48.0 Å². The molecule has 0 saturated carbocycles. The second-order valence-electron chi connectivity index (χ2n) is 10.4. The number of allylic oxidation sites excluding steroid dienone is 2. The first-order valence-corrected chi connectivity index (χ1v) is 15.6. The van der Waals surface area contributed by atoms with Gasteiger partial charge in [0.2, 0.25) is 15.8 Å². The highest BCUT2D eigenvalue weighted by Gasteiger charge is 2.38.